The SMILES string of the molecule is CC(=O)O.CCN(CCO)CCOC(=O)Nc1ccc(-c2n[nH]c3c2Cc2ccccc2-3)cc1. The van der Waals surface area contributed by atoms with Crippen molar-refractivity contribution in [3.05, 3.63) is 59.7 Å². The van der Waals surface area contributed by atoms with E-state index >= 15 is 0 Å². The number of aromatic nitrogens is 2. The number of carbonyl (C=O) groups is 2. The number of ether oxygens (including phenoxy) is 1. The molecule has 0 fully saturated rings. The number of carboxylic acid groups (broad SMARTS) is 1. The Bertz CT molecular complexity index is 1110. The van der Waals surface area contributed by atoms with Crippen molar-refractivity contribution < 1.29 is 24.5 Å². The van der Waals surface area contributed by atoms with Gasteiger partial charge in [0, 0.05) is 48.8 Å². The zero-order valence-corrected chi connectivity index (χ0v) is 19.4. The second-order valence-electron chi connectivity index (χ2n) is 7.77. The molecule has 4 N–H and O–H groups in total. The molecule has 0 atom stereocenters. The van der Waals surface area contributed by atoms with Gasteiger partial charge in [-0.15, -0.1) is 0 Å². The molecule has 0 spiro atoms. The molecule has 0 aliphatic heterocycles. The predicted molar refractivity (Wildman–Crippen MR) is 130 cm³/mol. The summed E-state index contributed by atoms with van der Waals surface area (Å²) in [5.74, 6) is -0.833. The number of aliphatic hydroxyl groups excluding tert-OH is 1. The molecule has 34 heavy (non-hydrogen) atoms. The monoisotopic (exact) mass is 466 g/mol. The van der Waals surface area contributed by atoms with E-state index in [4.69, 9.17) is 19.7 Å². The second-order valence-corrected chi connectivity index (χ2v) is 7.77. The van der Waals surface area contributed by atoms with E-state index in [2.05, 4.69) is 33.7 Å². The van der Waals surface area contributed by atoms with Crippen LogP contribution < -0.4 is 5.32 Å². The molecular formula is C25H30N4O5. The number of hydrogen-bond donors (Lipinski definition) is 4. The van der Waals surface area contributed by atoms with E-state index in [1.807, 2.05) is 42.2 Å². The lowest BCUT2D eigenvalue weighted by Crippen LogP contribution is -2.31. The minimum atomic E-state index is -0.833. The molecule has 180 valence electrons. The number of nitrogens with zero attached hydrogens (tertiary/aromatic N) is 2. The number of likely N-dealkylation sites (N-methyl/N-ethyl adjacent to an activating group) is 1. The highest BCUT2D eigenvalue weighted by molar-refractivity contribution is 5.86. The van der Waals surface area contributed by atoms with Gasteiger partial charge >= 0.3 is 6.09 Å². The number of benzene rings is 2. The number of carboxylic acids is 1. The Balaban J connectivity index is 0.000000751. The summed E-state index contributed by atoms with van der Waals surface area (Å²) in [5, 5.41) is 26.8. The standard InChI is InChI=1S/C23H26N4O3.C2H4O2/c1-2-27(11-13-28)12-14-30-23(29)24-18-9-7-16(8-10-18)21-20-15-17-5-3-4-6-19(17)22(20)26-25-21;1-2(3)4/h3-10,28H,2,11-15H2,1H3,(H,24,29)(H,25,26);1H3,(H,3,4). The first-order valence-corrected chi connectivity index (χ1v) is 11.1. The largest absolute Gasteiger partial charge is 0.481 e. The molecule has 1 aliphatic rings. The minimum Gasteiger partial charge on any atom is -0.481 e. The van der Waals surface area contributed by atoms with Gasteiger partial charge < -0.3 is 14.9 Å². The molecule has 0 unspecified atom stereocenters. The third kappa shape index (κ3) is 6.43. The van der Waals surface area contributed by atoms with Gasteiger partial charge in [0.15, 0.2) is 0 Å². The van der Waals surface area contributed by atoms with Crippen molar-refractivity contribution in [2.75, 3.05) is 38.2 Å². The lowest BCUT2D eigenvalue weighted by Gasteiger charge is -2.18. The Hall–Kier alpha value is -3.69. The van der Waals surface area contributed by atoms with Crippen molar-refractivity contribution in [1.29, 1.82) is 0 Å². The van der Waals surface area contributed by atoms with Crippen molar-refractivity contribution in [1.82, 2.24) is 15.1 Å². The van der Waals surface area contributed by atoms with Gasteiger partial charge in [0.1, 0.15) is 6.61 Å². The molecule has 0 radical (unpaired) electrons. The summed E-state index contributed by atoms with van der Waals surface area (Å²) in [6.45, 7) is 5.43. The molecule has 1 amide bonds. The highest BCUT2D eigenvalue weighted by Gasteiger charge is 2.24. The predicted octanol–water partition coefficient (Wildman–Crippen LogP) is 3.60. The van der Waals surface area contributed by atoms with Gasteiger partial charge in [-0.1, -0.05) is 43.3 Å². The molecule has 9 heteroatoms. The number of anilines is 1. The van der Waals surface area contributed by atoms with Gasteiger partial charge in [-0.2, -0.15) is 5.10 Å². The van der Waals surface area contributed by atoms with Crippen LogP contribution in [0.3, 0.4) is 0 Å². The molecule has 1 aliphatic carbocycles. The van der Waals surface area contributed by atoms with Crippen molar-refractivity contribution in [3.8, 4) is 22.5 Å². The number of hydrogen-bond acceptors (Lipinski definition) is 6. The molecule has 1 heterocycles. The van der Waals surface area contributed by atoms with Gasteiger partial charge in [-0.25, -0.2) is 4.79 Å². The number of nitrogens with one attached hydrogen (secondary N) is 2. The topological polar surface area (TPSA) is 128 Å². The van der Waals surface area contributed by atoms with Crippen LogP contribution in [-0.4, -0.2) is 70.2 Å². The van der Waals surface area contributed by atoms with Crippen molar-refractivity contribution in [2.24, 2.45) is 0 Å². The van der Waals surface area contributed by atoms with Crippen LogP contribution in [0.15, 0.2) is 48.5 Å². The van der Waals surface area contributed by atoms with Gasteiger partial charge in [-0.3, -0.25) is 20.1 Å². The van der Waals surface area contributed by atoms with Crippen molar-refractivity contribution in [2.45, 2.75) is 20.3 Å². The van der Waals surface area contributed by atoms with Crippen molar-refractivity contribution >= 4 is 17.7 Å². The molecule has 9 nitrogen and oxygen atoms in total. The van der Waals surface area contributed by atoms with Crippen LogP contribution in [0.2, 0.25) is 0 Å². The Morgan fingerprint density at radius 1 is 1.15 bits per heavy atom. The summed E-state index contributed by atoms with van der Waals surface area (Å²) in [5.41, 5.74) is 7.44. The van der Waals surface area contributed by atoms with Gasteiger partial charge in [0.25, 0.3) is 5.97 Å². The van der Waals surface area contributed by atoms with Gasteiger partial charge in [0.2, 0.25) is 0 Å². The number of aromatic amines is 1. The second kappa shape index (κ2) is 12.0. The maximum Gasteiger partial charge on any atom is 0.411 e. The van der Waals surface area contributed by atoms with Crippen LogP contribution in [-0.2, 0) is 16.0 Å². The molecule has 0 saturated carbocycles. The summed E-state index contributed by atoms with van der Waals surface area (Å²) >= 11 is 0. The third-order valence-electron chi connectivity index (χ3n) is 5.43. The van der Waals surface area contributed by atoms with Crippen LogP contribution in [0, 0.1) is 0 Å². The zero-order valence-electron chi connectivity index (χ0n) is 19.4. The highest BCUT2D eigenvalue weighted by Crippen LogP contribution is 2.39. The van der Waals surface area contributed by atoms with E-state index in [9.17, 15) is 4.79 Å². The first-order valence-electron chi connectivity index (χ1n) is 11.1. The van der Waals surface area contributed by atoms with Crippen LogP contribution in [0.5, 0.6) is 0 Å². The maximum absolute atomic E-state index is 12.0. The van der Waals surface area contributed by atoms with E-state index in [0.717, 1.165) is 36.8 Å². The van der Waals surface area contributed by atoms with E-state index < -0.39 is 12.1 Å². The van der Waals surface area contributed by atoms with E-state index in [1.54, 1.807) is 0 Å². The highest BCUT2D eigenvalue weighted by atomic mass is 16.5. The number of carbonyl (C=O) groups excluding carboxylic acids is 1. The van der Waals surface area contributed by atoms with Crippen molar-refractivity contribution in [3.63, 3.8) is 0 Å². The van der Waals surface area contributed by atoms with Crippen LogP contribution in [0.1, 0.15) is 25.0 Å². The summed E-state index contributed by atoms with van der Waals surface area (Å²) in [6.07, 6.45) is 0.383. The van der Waals surface area contributed by atoms with Gasteiger partial charge in [-0.05, 0) is 24.2 Å². The van der Waals surface area contributed by atoms with Gasteiger partial charge in [0.05, 0.1) is 18.0 Å². The zero-order chi connectivity index (χ0) is 24.5. The Morgan fingerprint density at radius 3 is 2.53 bits per heavy atom. The van der Waals surface area contributed by atoms with E-state index in [1.165, 1.54) is 16.7 Å². The Morgan fingerprint density at radius 2 is 1.85 bits per heavy atom. The number of aliphatic hydroxyl groups is 1. The summed E-state index contributed by atoms with van der Waals surface area (Å²) < 4.78 is 5.23. The average Bonchev–Trinajstić information content (AvgIpc) is 3.38. The molecule has 0 saturated heterocycles. The summed E-state index contributed by atoms with van der Waals surface area (Å²) in [4.78, 5) is 23.0. The fraction of sp³-hybridized carbons (Fsp3) is 0.320. The van der Waals surface area contributed by atoms with Crippen LogP contribution in [0.25, 0.3) is 22.5 Å². The number of aliphatic carboxylic acids is 1. The Kier molecular flexibility index (Phi) is 8.78. The smallest absolute Gasteiger partial charge is 0.411 e. The average molecular weight is 467 g/mol. The van der Waals surface area contributed by atoms with Crippen LogP contribution >= 0.6 is 0 Å². The maximum atomic E-state index is 12.0. The quantitative estimate of drug-likeness (QED) is 0.312. The first kappa shape index (κ1) is 24.9. The minimum absolute atomic E-state index is 0.0949. The normalized spacial score (nSPS) is 11.3. The Labute approximate surface area is 198 Å². The summed E-state index contributed by atoms with van der Waals surface area (Å²) in [6, 6.07) is 16.0. The number of H-pyrrole nitrogens is 1. The fourth-order valence-electron chi connectivity index (χ4n) is 3.81. The number of fused-ring (bicyclic) bond motifs is 3. The lowest BCUT2D eigenvalue weighted by atomic mass is 10.1. The number of rotatable bonds is 8. The molecule has 2 aromatic carbocycles. The molecular weight excluding hydrogens is 436 g/mol. The molecule has 1 aromatic heterocycles. The van der Waals surface area contributed by atoms with E-state index in [0.29, 0.717) is 18.8 Å². The molecule has 4 rings (SSSR count). The molecule has 3 aromatic rings. The lowest BCUT2D eigenvalue weighted by molar-refractivity contribution is -0.134. The third-order valence-corrected chi connectivity index (χ3v) is 5.43. The first-order chi connectivity index (χ1) is 16.4. The number of amides is 1. The fourth-order valence-corrected chi connectivity index (χ4v) is 3.81. The summed E-state index contributed by atoms with van der Waals surface area (Å²) in [7, 11) is 0. The van der Waals surface area contributed by atoms with E-state index in [-0.39, 0.29) is 13.2 Å². The molecule has 0 bridgehead atoms. The van der Waals surface area contributed by atoms with Crippen LogP contribution in [0.4, 0.5) is 10.5 Å².